The topological polar surface area (TPSA) is 66.5 Å². The minimum atomic E-state index is -0.988. The van der Waals surface area contributed by atoms with Gasteiger partial charge in [0, 0.05) is 18.5 Å². The zero-order chi connectivity index (χ0) is 17.8. The van der Waals surface area contributed by atoms with Crippen LogP contribution in [0.2, 0.25) is 0 Å². The second kappa shape index (κ2) is 5.80. The lowest BCUT2D eigenvalue weighted by atomic mass is 9.89. The van der Waals surface area contributed by atoms with Crippen LogP contribution in [0.1, 0.15) is 35.7 Å². The molecular weight excluding hydrogens is 351 g/mol. The quantitative estimate of drug-likeness (QED) is 0.645. The Morgan fingerprint density at radius 3 is 2.68 bits per heavy atom. The van der Waals surface area contributed by atoms with Crippen molar-refractivity contribution >= 4 is 49.8 Å². The van der Waals surface area contributed by atoms with E-state index in [0.717, 1.165) is 21.1 Å². The molecule has 1 aromatic heterocycles. The van der Waals surface area contributed by atoms with E-state index in [4.69, 9.17) is 0 Å². The molecule has 1 saturated heterocycles. The van der Waals surface area contributed by atoms with Gasteiger partial charge in [-0.15, -0.1) is 4.43 Å². The van der Waals surface area contributed by atoms with Gasteiger partial charge in [0.2, 0.25) is 5.91 Å². The van der Waals surface area contributed by atoms with Crippen molar-refractivity contribution < 1.29 is 14.4 Å². The Kier molecular flexibility index (Phi) is 3.84. The van der Waals surface area contributed by atoms with Crippen molar-refractivity contribution in [2.24, 2.45) is 0 Å². The number of nitrogens with one attached hydrogen (secondary N) is 1. The molecule has 4 rings (SSSR count). The van der Waals surface area contributed by atoms with Crippen molar-refractivity contribution in [1.29, 1.82) is 0 Å². The number of hydrogen-bond acceptors (Lipinski definition) is 4. The summed E-state index contributed by atoms with van der Waals surface area (Å²) in [4.78, 5) is 38.3. The third-order valence-corrected chi connectivity index (χ3v) is 6.57. The van der Waals surface area contributed by atoms with Gasteiger partial charge in [-0.1, -0.05) is 6.07 Å². The molecule has 5 nitrogen and oxygen atoms in total. The largest absolute Gasteiger partial charge is 0.320 e. The maximum absolute atomic E-state index is 12.9. The molecule has 1 aromatic carbocycles. The van der Waals surface area contributed by atoms with Crippen LogP contribution in [0.3, 0.4) is 0 Å². The normalized spacial score (nSPS) is 22.9. The maximum atomic E-state index is 12.9. The molecule has 7 heteroatoms. The Labute approximate surface area is 157 Å². The van der Waals surface area contributed by atoms with Crippen molar-refractivity contribution in [2.45, 2.75) is 31.8 Å². The number of carbonyl (C=O) groups is 3. The van der Waals surface area contributed by atoms with Crippen LogP contribution in [0.25, 0.3) is 11.1 Å². The van der Waals surface area contributed by atoms with Crippen molar-refractivity contribution in [3.05, 3.63) is 40.1 Å². The molecular formula is C18H15AlN2O3S. The van der Waals surface area contributed by atoms with E-state index in [-0.39, 0.29) is 18.2 Å². The summed E-state index contributed by atoms with van der Waals surface area (Å²) in [5, 5.41) is 6.51. The first-order valence-electron chi connectivity index (χ1n) is 8.01. The highest BCUT2D eigenvalue weighted by Crippen LogP contribution is 2.35. The lowest BCUT2D eigenvalue weighted by molar-refractivity contribution is -0.142. The fraction of sp³-hybridized carbons (Fsp3) is 0.278. The van der Waals surface area contributed by atoms with E-state index >= 15 is 0 Å². The average molecular weight is 366 g/mol. The van der Waals surface area contributed by atoms with Crippen molar-refractivity contribution in [1.82, 2.24) is 10.2 Å². The van der Waals surface area contributed by atoms with Crippen molar-refractivity contribution in [2.75, 3.05) is 0 Å². The average Bonchev–Trinajstić information content (AvgIpc) is 3.15. The number of rotatable bonds is 2. The van der Waals surface area contributed by atoms with Gasteiger partial charge in [0.05, 0.1) is 0 Å². The van der Waals surface area contributed by atoms with Gasteiger partial charge >= 0.3 is 0 Å². The molecule has 3 amide bonds. The molecule has 0 spiro atoms. The second-order valence-corrected chi connectivity index (χ2v) is 8.02. The fourth-order valence-corrected chi connectivity index (χ4v) is 4.84. The van der Waals surface area contributed by atoms with Gasteiger partial charge in [-0.05, 0) is 52.9 Å². The maximum Gasteiger partial charge on any atom is 0.255 e. The standard InChI is InChI=1S/C18H15N2O3S.Al/c1-18(6-4-15(21)19-17(18)23)20-9-13-8-11(12-5-7-24-10-12)2-3-14(13)16(20)22;/h2-3,7-8,10H,4,6,9H2,1H3,(H,19,21,23);. The molecule has 0 bridgehead atoms. The number of benzene rings is 1. The zero-order valence-electron chi connectivity index (χ0n) is 13.7. The highest BCUT2D eigenvalue weighted by Gasteiger charge is 2.48. The number of thiophene rings is 1. The molecule has 2 aliphatic rings. The SMILES string of the molecule is CC1(N2Cc3cc(-c4csc[c]4[Al])ccc3C2=O)CCC(=O)NC1=O. The van der Waals surface area contributed by atoms with Crippen LogP contribution in [0.4, 0.5) is 0 Å². The molecule has 1 fully saturated rings. The minimum absolute atomic E-state index is 0.148. The van der Waals surface area contributed by atoms with E-state index in [1.165, 1.54) is 0 Å². The van der Waals surface area contributed by atoms with E-state index in [0.29, 0.717) is 18.5 Å². The third-order valence-electron chi connectivity index (χ3n) is 5.09. The lowest BCUT2D eigenvalue weighted by Crippen LogP contribution is -2.61. The van der Waals surface area contributed by atoms with Gasteiger partial charge in [0.15, 0.2) is 16.3 Å². The summed E-state index contributed by atoms with van der Waals surface area (Å²) in [7, 11) is 0. The van der Waals surface area contributed by atoms with Crippen LogP contribution in [-0.2, 0) is 16.1 Å². The summed E-state index contributed by atoms with van der Waals surface area (Å²) >= 11 is 4.36. The summed E-state index contributed by atoms with van der Waals surface area (Å²) in [5.41, 5.74) is 2.77. The molecule has 1 unspecified atom stereocenters. The number of nitrogens with zero attached hydrogens (tertiary/aromatic N) is 1. The lowest BCUT2D eigenvalue weighted by Gasteiger charge is -2.39. The first-order valence-corrected chi connectivity index (χ1v) is 9.53. The predicted octanol–water partition coefficient (Wildman–Crippen LogP) is 1.36. The summed E-state index contributed by atoms with van der Waals surface area (Å²) in [6.45, 7) is 2.12. The summed E-state index contributed by atoms with van der Waals surface area (Å²) in [5.74, 6) is -0.820. The van der Waals surface area contributed by atoms with E-state index in [2.05, 4.69) is 32.4 Å². The van der Waals surface area contributed by atoms with Gasteiger partial charge in [-0.25, -0.2) is 0 Å². The third kappa shape index (κ3) is 2.55. The molecule has 124 valence electrons. The number of hydrogen-bond donors (Lipinski definition) is 1. The Morgan fingerprint density at radius 2 is 2.00 bits per heavy atom. The van der Waals surface area contributed by atoms with Crippen LogP contribution in [0.15, 0.2) is 29.0 Å². The monoisotopic (exact) mass is 366 g/mol. The number of amides is 3. The Balaban J connectivity index is 1.68. The molecule has 1 N–H and O–H groups in total. The molecule has 0 saturated carbocycles. The molecule has 2 aromatic rings. The summed E-state index contributed by atoms with van der Waals surface area (Å²) in [6, 6.07) is 5.81. The van der Waals surface area contributed by atoms with E-state index in [9.17, 15) is 14.4 Å². The highest BCUT2D eigenvalue weighted by atomic mass is 32.1. The minimum Gasteiger partial charge on any atom is -0.320 e. The number of fused-ring (bicyclic) bond motifs is 1. The molecule has 3 heterocycles. The first-order chi connectivity index (χ1) is 11.9. The van der Waals surface area contributed by atoms with Gasteiger partial charge < -0.3 is 4.90 Å². The molecule has 0 aliphatic carbocycles. The van der Waals surface area contributed by atoms with Crippen LogP contribution < -0.4 is 9.74 Å². The Morgan fingerprint density at radius 1 is 1.20 bits per heavy atom. The summed E-state index contributed by atoms with van der Waals surface area (Å²) in [6.07, 6.45) is 0.601. The van der Waals surface area contributed by atoms with Gasteiger partial charge in [0.25, 0.3) is 11.8 Å². The van der Waals surface area contributed by atoms with E-state index in [1.54, 1.807) is 23.2 Å². The van der Waals surface area contributed by atoms with Gasteiger partial charge in [0.1, 0.15) is 5.54 Å². The fourth-order valence-electron chi connectivity index (χ4n) is 3.48. The predicted molar refractivity (Wildman–Crippen MR) is 95.8 cm³/mol. The van der Waals surface area contributed by atoms with Crippen LogP contribution in [0, 0.1) is 0 Å². The number of piperidine rings is 1. The van der Waals surface area contributed by atoms with Crippen molar-refractivity contribution in [3.8, 4) is 11.1 Å². The van der Waals surface area contributed by atoms with Crippen LogP contribution >= 0.6 is 11.3 Å². The molecule has 2 aliphatic heterocycles. The van der Waals surface area contributed by atoms with Crippen LogP contribution in [-0.4, -0.2) is 44.5 Å². The smallest absolute Gasteiger partial charge is 0.255 e. The number of carbonyl (C=O) groups excluding carboxylic acids is 3. The van der Waals surface area contributed by atoms with Crippen LogP contribution in [0.5, 0.6) is 0 Å². The Hall–Kier alpha value is -1.94. The second-order valence-electron chi connectivity index (χ2n) is 6.66. The first kappa shape index (κ1) is 16.5. The van der Waals surface area contributed by atoms with Gasteiger partial charge in [-0.2, -0.15) is 11.3 Å². The van der Waals surface area contributed by atoms with Gasteiger partial charge in [-0.3, -0.25) is 19.7 Å². The Bertz CT molecular complexity index is 923. The molecule has 2 radical (unpaired) electrons. The highest BCUT2D eigenvalue weighted by molar-refractivity contribution is 7.09. The molecule has 1 atom stereocenters. The molecule has 25 heavy (non-hydrogen) atoms. The van der Waals surface area contributed by atoms with E-state index in [1.807, 2.05) is 18.2 Å². The zero-order valence-corrected chi connectivity index (χ0v) is 15.6. The van der Waals surface area contributed by atoms with E-state index < -0.39 is 11.4 Å². The van der Waals surface area contributed by atoms with Crippen molar-refractivity contribution in [3.63, 3.8) is 0 Å². The number of imide groups is 1. The summed E-state index contributed by atoms with van der Waals surface area (Å²) < 4.78 is 1.13.